The summed E-state index contributed by atoms with van der Waals surface area (Å²) in [6.45, 7) is 7.81. The Labute approximate surface area is 193 Å². The summed E-state index contributed by atoms with van der Waals surface area (Å²) in [6.07, 6.45) is 10.7. The van der Waals surface area contributed by atoms with Crippen LogP contribution in [0.1, 0.15) is 85.0 Å². The molecule has 7 atom stereocenters. The first-order chi connectivity index (χ1) is 14.7. The summed E-state index contributed by atoms with van der Waals surface area (Å²) in [4.78, 5) is 27.6. The molecule has 0 aromatic heterocycles. The van der Waals surface area contributed by atoms with E-state index in [-0.39, 0.29) is 22.7 Å². The lowest BCUT2D eigenvalue weighted by Gasteiger charge is -2.61. The van der Waals surface area contributed by atoms with E-state index in [1.807, 2.05) is 7.05 Å². The number of hydrogen-bond acceptors (Lipinski definition) is 3. The maximum absolute atomic E-state index is 13.2. The van der Waals surface area contributed by atoms with Crippen LogP contribution >= 0.6 is 12.2 Å². The highest BCUT2D eigenvalue weighted by Crippen LogP contribution is 2.66. The third-order valence-corrected chi connectivity index (χ3v) is 10.2. The van der Waals surface area contributed by atoms with Crippen molar-refractivity contribution in [3.8, 4) is 0 Å². The summed E-state index contributed by atoms with van der Waals surface area (Å²) in [6, 6.07) is 0.395. The van der Waals surface area contributed by atoms with Gasteiger partial charge in [-0.3, -0.25) is 9.59 Å². The summed E-state index contributed by atoms with van der Waals surface area (Å²) in [5.74, 6) is 2.49. The Balaban J connectivity index is 1.46. The molecule has 0 radical (unpaired) electrons. The molecule has 1 heterocycles. The zero-order valence-electron chi connectivity index (χ0n) is 19.8. The number of hydrogen-bond donors (Lipinski definition) is 2. The Morgan fingerprint density at radius 3 is 2.58 bits per heavy atom. The average molecular weight is 448 g/mol. The van der Waals surface area contributed by atoms with Crippen molar-refractivity contribution in [2.45, 2.75) is 91.0 Å². The van der Waals surface area contributed by atoms with Crippen molar-refractivity contribution in [1.82, 2.24) is 15.5 Å². The first-order valence-corrected chi connectivity index (χ1v) is 13.0. The Hall–Kier alpha value is -1.17. The molecule has 2 N–H and O–H groups in total. The highest BCUT2D eigenvalue weighted by Gasteiger charge is 2.62. The van der Waals surface area contributed by atoms with Crippen LogP contribution in [-0.4, -0.2) is 41.5 Å². The molecule has 3 aliphatic carbocycles. The third kappa shape index (κ3) is 3.81. The summed E-state index contributed by atoms with van der Waals surface area (Å²) in [5.41, 5.74) is 0.307. The van der Waals surface area contributed by atoms with Crippen molar-refractivity contribution in [2.24, 2.45) is 34.5 Å². The number of nitrogens with zero attached hydrogens (tertiary/aromatic N) is 1. The summed E-state index contributed by atoms with van der Waals surface area (Å²) < 4.78 is 0. The Morgan fingerprint density at radius 2 is 1.84 bits per heavy atom. The minimum Gasteiger partial charge on any atom is -0.362 e. The smallest absolute Gasteiger partial charge is 0.229 e. The van der Waals surface area contributed by atoms with E-state index in [0.29, 0.717) is 41.2 Å². The van der Waals surface area contributed by atoms with Crippen molar-refractivity contribution < 1.29 is 9.59 Å². The first-order valence-electron chi connectivity index (χ1n) is 12.6. The second-order valence-corrected chi connectivity index (χ2v) is 11.7. The number of fused-ring (bicyclic) bond motifs is 5. The largest absolute Gasteiger partial charge is 0.362 e. The fourth-order valence-electron chi connectivity index (χ4n) is 8.20. The van der Waals surface area contributed by atoms with E-state index in [4.69, 9.17) is 12.2 Å². The molecule has 0 unspecified atom stereocenters. The molecule has 0 aromatic rings. The lowest BCUT2D eigenvalue weighted by molar-refractivity contribution is -0.159. The van der Waals surface area contributed by atoms with Gasteiger partial charge in [0.1, 0.15) is 0 Å². The number of thiocarbonyl (C=S) groups is 1. The SMILES string of the molecule is CCCCNC(=S)NC(=O)[C@H]1CC[C@H]2[C@@H]3CC[C@H]4N(C)C(=O)CC[C@]4(C)[C@H]3CC[C@]12C. The predicted octanol–water partition coefficient (Wildman–Crippen LogP) is 4.26. The van der Waals surface area contributed by atoms with Gasteiger partial charge in [-0.25, -0.2) is 0 Å². The standard InChI is InChI=1S/C25H41N3O2S/c1-5-6-15-26-23(31)27-22(30)19-9-8-17-16-7-10-20-25(3,14-12-21(29)28(20)4)18(16)11-13-24(17,19)2/h16-20H,5-15H2,1-4H3,(H2,26,27,30,31)/t16-,17-,18-,19+,20+,24-,25+/m0/s1. The molecule has 1 aliphatic heterocycles. The molecular formula is C25H41N3O2S. The molecule has 3 saturated carbocycles. The van der Waals surface area contributed by atoms with Crippen LogP contribution in [0.15, 0.2) is 0 Å². The number of nitrogens with one attached hydrogen (secondary N) is 2. The quantitative estimate of drug-likeness (QED) is 0.499. The van der Waals surface area contributed by atoms with E-state index in [9.17, 15) is 9.59 Å². The normalized spacial score (nSPS) is 41.7. The number of likely N-dealkylation sites (tertiary alicyclic amines) is 1. The van der Waals surface area contributed by atoms with Gasteiger partial charge >= 0.3 is 0 Å². The van der Waals surface area contributed by atoms with E-state index in [1.165, 1.54) is 12.8 Å². The number of carbonyl (C=O) groups excluding carboxylic acids is 2. The molecular weight excluding hydrogens is 406 g/mol. The van der Waals surface area contributed by atoms with Gasteiger partial charge in [-0.1, -0.05) is 27.2 Å². The molecule has 0 bridgehead atoms. The number of amides is 2. The molecule has 6 heteroatoms. The minimum absolute atomic E-state index is 0.0607. The van der Waals surface area contributed by atoms with Gasteiger partial charge in [-0.2, -0.15) is 0 Å². The van der Waals surface area contributed by atoms with Crippen LogP contribution in [0, 0.1) is 34.5 Å². The second kappa shape index (κ2) is 8.64. The minimum atomic E-state index is 0.0607. The average Bonchev–Trinajstić information content (AvgIpc) is 3.08. The second-order valence-electron chi connectivity index (χ2n) is 11.3. The number of rotatable bonds is 4. The highest BCUT2D eigenvalue weighted by molar-refractivity contribution is 7.80. The van der Waals surface area contributed by atoms with Crippen LogP contribution in [0.5, 0.6) is 0 Å². The highest BCUT2D eigenvalue weighted by atomic mass is 32.1. The Morgan fingerprint density at radius 1 is 1.10 bits per heavy atom. The molecule has 0 aromatic carbocycles. The van der Waals surface area contributed by atoms with Crippen LogP contribution in [0.3, 0.4) is 0 Å². The van der Waals surface area contributed by atoms with E-state index >= 15 is 0 Å². The van der Waals surface area contributed by atoms with Crippen LogP contribution < -0.4 is 10.6 Å². The lowest BCUT2D eigenvalue weighted by atomic mass is 9.47. The van der Waals surface area contributed by atoms with E-state index in [2.05, 4.69) is 36.3 Å². The maximum Gasteiger partial charge on any atom is 0.229 e. The van der Waals surface area contributed by atoms with E-state index in [1.54, 1.807) is 0 Å². The van der Waals surface area contributed by atoms with Gasteiger partial charge in [-0.15, -0.1) is 0 Å². The van der Waals surface area contributed by atoms with Gasteiger partial charge in [0.15, 0.2) is 5.11 Å². The topological polar surface area (TPSA) is 61.4 Å². The molecule has 174 valence electrons. The molecule has 4 aliphatic rings. The van der Waals surface area contributed by atoms with Crippen LogP contribution in [0.25, 0.3) is 0 Å². The molecule has 1 saturated heterocycles. The van der Waals surface area contributed by atoms with Crippen molar-refractivity contribution in [3.63, 3.8) is 0 Å². The van der Waals surface area contributed by atoms with Gasteiger partial charge in [0.25, 0.3) is 0 Å². The summed E-state index contributed by atoms with van der Waals surface area (Å²) >= 11 is 5.38. The predicted molar refractivity (Wildman–Crippen MR) is 127 cm³/mol. The zero-order valence-corrected chi connectivity index (χ0v) is 20.7. The van der Waals surface area contributed by atoms with E-state index in [0.717, 1.165) is 51.5 Å². The lowest BCUT2D eigenvalue weighted by Crippen LogP contribution is -2.61. The molecule has 31 heavy (non-hydrogen) atoms. The van der Waals surface area contributed by atoms with Crippen molar-refractivity contribution in [3.05, 3.63) is 0 Å². The molecule has 4 fully saturated rings. The monoisotopic (exact) mass is 447 g/mol. The number of unbranched alkanes of at least 4 members (excludes halogenated alkanes) is 1. The van der Waals surface area contributed by atoms with Gasteiger partial charge in [0.05, 0.1) is 0 Å². The Kier molecular flexibility index (Phi) is 6.41. The fraction of sp³-hybridized carbons (Fsp3) is 0.880. The molecule has 4 rings (SSSR count). The number of piperidine rings is 1. The molecule has 0 spiro atoms. The maximum atomic E-state index is 13.2. The fourth-order valence-corrected chi connectivity index (χ4v) is 8.41. The van der Waals surface area contributed by atoms with E-state index < -0.39 is 0 Å². The summed E-state index contributed by atoms with van der Waals surface area (Å²) in [7, 11) is 2.02. The summed E-state index contributed by atoms with van der Waals surface area (Å²) in [5, 5.41) is 6.68. The van der Waals surface area contributed by atoms with Crippen molar-refractivity contribution in [2.75, 3.05) is 13.6 Å². The van der Waals surface area contributed by atoms with Gasteiger partial charge in [-0.05, 0) is 92.2 Å². The number of carbonyl (C=O) groups is 2. The van der Waals surface area contributed by atoms with Crippen LogP contribution in [0.2, 0.25) is 0 Å². The van der Waals surface area contributed by atoms with Crippen molar-refractivity contribution >= 4 is 29.1 Å². The van der Waals surface area contributed by atoms with Crippen LogP contribution in [-0.2, 0) is 9.59 Å². The van der Waals surface area contributed by atoms with Crippen LogP contribution in [0.4, 0.5) is 0 Å². The van der Waals surface area contributed by atoms with Gasteiger partial charge in [0.2, 0.25) is 11.8 Å². The third-order valence-electron chi connectivity index (χ3n) is 9.93. The van der Waals surface area contributed by atoms with Crippen molar-refractivity contribution in [1.29, 1.82) is 0 Å². The zero-order chi connectivity index (χ0) is 22.4. The van der Waals surface area contributed by atoms with Gasteiger partial charge < -0.3 is 15.5 Å². The molecule has 5 nitrogen and oxygen atoms in total. The first kappa shape index (κ1) is 23.0. The van der Waals surface area contributed by atoms with Gasteiger partial charge in [0, 0.05) is 32.0 Å². The Bertz CT molecular complexity index is 742. The molecule has 2 amide bonds.